The van der Waals surface area contributed by atoms with Gasteiger partial charge in [-0.2, -0.15) is 0 Å². The van der Waals surface area contributed by atoms with Crippen molar-refractivity contribution < 1.29 is 18.7 Å². The smallest absolute Gasteiger partial charge is 0.260 e. The van der Waals surface area contributed by atoms with E-state index in [-0.39, 0.29) is 24.4 Å². The van der Waals surface area contributed by atoms with Gasteiger partial charge in [-0.15, -0.1) is 0 Å². The number of benzene rings is 1. The maximum Gasteiger partial charge on any atom is 0.260 e. The summed E-state index contributed by atoms with van der Waals surface area (Å²) in [6, 6.07) is 5.69. The molecule has 5 nitrogen and oxygen atoms in total. The molecule has 130 valence electrons. The van der Waals surface area contributed by atoms with E-state index >= 15 is 0 Å². The normalized spacial score (nSPS) is 21.4. The summed E-state index contributed by atoms with van der Waals surface area (Å²) in [6.07, 6.45) is 6.24. The molecule has 1 aromatic rings. The zero-order valence-electron chi connectivity index (χ0n) is 13.7. The van der Waals surface area contributed by atoms with Gasteiger partial charge in [0.25, 0.3) is 5.91 Å². The molecule has 1 aromatic carbocycles. The van der Waals surface area contributed by atoms with Gasteiger partial charge in [0.1, 0.15) is 17.7 Å². The number of piperazine rings is 1. The minimum atomic E-state index is -0.317. The van der Waals surface area contributed by atoms with E-state index in [1.54, 1.807) is 6.26 Å². The van der Waals surface area contributed by atoms with Crippen LogP contribution in [0.1, 0.15) is 12.8 Å². The topological polar surface area (TPSA) is 42.0 Å². The molecule has 0 aromatic heterocycles. The summed E-state index contributed by atoms with van der Waals surface area (Å²) in [5.74, 6) is 0.156. The summed E-state index contributed by atoms with van der Waals surface area (Å²) in [6.45, 7) is 4.01. The van der Waals surface area contributed by atoms with Gasteiger partial charge in [-0.05, 0) is 43.2 Å². The Bertz CT molecular complexity index is 568. The molecule has 1 fully saturated rings. The first-order valence-electron chi connectivity index (χ1n) is 8.40. The molecule has 2 heterocycles. The van der Waals surface area contributed by atoms with Crippen LogP contribution < -0.4 is 4.74 Å². The summed E-state index contributed by atoms with van der Waals surface area (Å²) in [7, 11) is 0. The molecule has 0 N–H and O–H groups in total. The minimum Gasteiger partial charge on any atom is -0.497 e. The van der Waals surface area contributed by atoms with Crippen molar-refractivity contribution in [2.45, 2.75) is 18.9 Å². The first-order chi connectivity index (χ1) is 11.7. The molecule has 0 saturated carbocycles. The molecule has 3 rings (SSSR count). The highest BCUT2D eigenvalue weighted by molar-refractivity contribution is 5.77. The van der Waals surface area contributed by atoms with Crippen LogP contribution in [-0.2, 0) is 9.53 Å². The SMILES string of the molecule is O=C(COc1ccc(F)cc1)N1CCN(CC2CCC=CO2)CC1. The van der Waals surface area contributed by atoms with Gasteiger partial charge in [-0.3, -0.25) is 9.69 Å². The van der Waals surface area contributed by atoms with Gasteiger partial charge in [0.05, 0.1) is 6.26 Å². The van der Waals surface area contributed by atoms with Crippen LogP contribution in [0.15, 0.2) is 36.6 Å². The second-order valence-electron chi connectivity index (χ2n) is 6.13. The van der Waals surface area contributed by atoms with Crippen LogP contribution >= 0.6 is 0 Å². The van der Waals surface area contributed by atoms with Gasteiger partial charge in [-0.1, -0.05) is 0 Å². The van der Waals surface area contributed by atoms with E-state index < -0.39 is 0 Å². The third kappa shape index (κ3) is 4.71. The highest BCUT2D eigenvalue weighted by Gasteiger charge is 2.24. The predicted molar refractivity (Wildman–Crippen MR) is 88.2 cm³/mol. The summed E-state index contributed by atoms with van der Waals surface area (Å²) in [5.41, 5.74) is 0. The Kier molecular flexibility index (Phi) is 5.69. The largest absolute Gasteiger partial charge is 0.497 e. The number of carbonyl (C=O) groups excluding carboxylic acids is 1. The molecular formula is C18H23FN2O3. The number of amides is 1. The van der Waals surface area contributed by atoms with Crippen molar-refractivity contribution in [3.63, 3.8) is 0 Å². The van der Waals surface area contributed by atoms with Gasteiger partial charge in [-0.25, -0.2) is 4.39 Å². The Morgan fingerprint density at radius 2 is 1.96 bits per heavy atom. The van der Waals surface area contributed by atoms with Crippen LogP contribution in [-0.4, -0.2) is 61.1 Å². The molecule has 0 aliphatic carbocycles. The molecule has 1 amide bonds. The lowest BCUT2D eigenvalue weighted by molar-refractivity contribution is -0.135. The summed E-state index contributed by atoms with van der Waals surface area (Å²) >= 11 is 0. The van der Waals surface area contributed by atoms with Gasteiger partial charge in [0.15, 0.2) is 6.61 Å². The van der Waals surface area contributed by atoms with E-state index in [0.29, 0.717) is 18.8 Å². The van der Waals surface area contributed by atoms with Crippen molar-refractivity contribution in [1.29, 1.82) is 0 Å². The zero-order chi connectivity index (χ0) is 16.8. The van der Waals surface area contributed by atoms with E-state index in [9.17, 15) is 9.18 Å². The fraction of sp³-hybridized carbons (Fsp3) is 0.500. The maximum atomic E-state index is 12.8. The van der Waals surface area contributed by atoms with Crippen molar-refractivity contribution in [3.8, 4) is 5.75 Å². The Balaban J connectivity index is 1.38. The Morgan fingerprint density at radius 1 is 1.21 bits per heavy atom. The standard InChI is InChI=1S/C18H23FN2O3/c19-15-4-6-16(7-5-15)24-14-18(22)21-10-8-20(9-11-21)13-17-3-1-2-12-23-17/h2,4-7,12,17H,1,3,8-11,13-14H2. The average molecular weight is 334 g/mol. The quantitative estimate of drug-likeness (QED) is 0.826. The predicted octanol–water partition coefficient (Wildman–Crippen LogP) is 2.04. The molecule has 0 radical (unpaired) electrons. The Morgan fingerprint density at radius 3 is 2.62 bits per heavy atom. The highest BCUT2D eigenvalue weighted by Crippen LogP contribution is 2.14. The molecule has 1 saturated heterocycles. The first kappa shape index (κ1) is 16.8. The fourth-order valence-electron chi connectivity index (χ4n) is 2.95. The Labute approximate surface area is 141 Å². The molecule has 24 heavy (non-hydrogen) atoms. The van der Waals surface area contributed by atoms with Gasteiger partial charge >= 0.3 is 0 Å². The summed E-state index contributed by atoms with van der Waals surface area (Å²) < 4.78 is 23.9. The van der Waals surface area contributed by atoms with E-state index in [4.69, 9.17) is 9.47 Å². The second-order valence-corrected chi connectivity index (χ2v) is 6.13. The van der Waals surface area contributed by atoms with E-state index in [1.807, 2.05) is 11.0 Å². The van der Waals surface area contributed by atoms with Crippen molar-refractivity contribution in [2.24, 2.45) is 0 Å². The monoisotopic (exact) mass is 334 g/mol. The molecule has 0 bridgehead atoms. The molecule has 1 unspecified atom stereocenters. The molecule has 6 heteroatoms. The number of carbonyl (C=O) groups is 1. The maximum absolute atomic E-state index is 12.8. The number of halogens is 1. The zero-order valence-corrected chi connectivity index (χ0v) is 13.7. The Hall–Kier alpha value is -2.08. The van der Waals surface area contributed by atoms with Gasteiger partial charge in [0.2, 0.25) is 0 Å². The van der Waals surface area contributed by atoms with Crippen LogP contribution in [0.4, 0.5) is 4.39 Å². The molecule has 2 aliphatic rings. The van der Waals surface area contributed by atoms with E-state index in [0.717, 1.165) is 32.5 Å². The third-order valence-electron chi connectivity index (χ3n) is 4.39. The van der Waals surface area contributed by atoms with E-state index in [2.05, 4.69) is 4.90 Å². The van der Waals surface area contributed by atoms with E-state index in [1.165, 1.54) is 24.3 Å². The number of allylic oxidation sites excluding steroid dienone is 1. The van der Waals surface area contributed by atoms with Crippen molar-refractivity contribution >= 4 is 5.91 Å². The lowest BCUT2D eigenvalue weighted by Crippen LogP contribution is -2.51. The van der Waals surface area contributed by atoms with Crippen molar-refractivity contribution in [3.05, 3.63) is 42.4 Å². The summed E-state index contributed by atoms with van der Waals surface area (Å²) in [4.78, 5) is 16.4. The van der Waals surface area contributed by atoms with Crippen LogP contribution in [0, 0.1) is 5.82 Å². The number of ether oxygens (including phenoxy) is 2. The number of rotatable bonds is 5. The van der Waals surface area contributed by atoms with Gasteiger partial charge in [0, 0.05) is 32.7 Å². The van der Waals surface area contributed by atoms with Gasteiger partial charge < -0.3 is 14.4 Å². The average Bonchev–Trinajstić information content (AvgIpc) is 2.62. The molecule has 1 atom stereocenters. The summed E-state index contributed by atoms with van der Waals surface area (Å²) in [5, 5.41) is 0. The molecule has 2 aliphatic heterocycles. The number of hydrogen-bond donors (Lipinski definition) is 0. The number of nitrogens with zero attached hydrogens (tertiary/aromatic N) is 2. The lowest BCUT2D eigenvalue weighted by Gasteiger charge is -2.36. The van der Waals surface area contributed by atoms with Crippen LogP contribution in [0.5, 0.6) is 5.75 Å². The second kappa shape index (κ2) is 8.15. The number of hydrogen-bond acceptors (Lipinski definition) is 4. The molecule has 0 spiro atoms. The highest BCUT2D eigenvalue weighted by atomic mass is 19.1. The van der Waals surface area contributed by atoms with Crippen molar-refractivity contribution in [1.82, 2.24) is 9.80 Å². The first-order valence-corrected chi connectivity index (χ1v) is 8.40. The molecular weight excluding hydrogens is 311 g/mol. The fourth-order valence-corrected chi connectivity index (χ4v) is 2.95. The minimum absolute atomic E-state index is 0.0117. The van der Waals surface area contributed by atoms with Crippen LogP contribution in [0.25, 0.3) is 0 Å². The van der Waals surface area contributed by atoms with Crippen LogP contribution in [0.3, 0.4) is 0 Å². The van der Waals surface area contributed by atoms with Crippen molar-refractivity contribution in [2.75, 3.05) is 39.3 Å². The van der Waals surface area contributed by atoms with Crippen LogP contribution in [0.2, 0.25) is 0 Å². The third-order valence-corrected chi connectivity index (χ3v) is 4.39. The lowest BCUT2D eigenvalue weighted by atomic mass is 10.1.